The van der Waals surface area contributed by atoms with Crippen molar-refractivity contribution in [1.82, 2.24) is 4.72 Å². The van der Waals surface area contributed by atoms with Crippen LogP contribution in [0.15, 0.2) is 42.5 Å². The molecule has 0 atom stereocenters. The maximum Gasteiger partial charge on any atom is 0.214 e. The highest BCUT2D eigenvalue weighted by Gasteiger charge is 2.26. The van der Waals surface area contributed by atoms with E-state index in [1.807, 2.05) is 0 Å². The summed E-state index contributed by atoms with van der Waals surface area (Å²) in [6.07, 6.45) is 3.95. The first-order valence-corrected chi connectivity index (χ1v) is 12.2. The number of aryl methyl sites for hydroxylation is 2. The first kappa shape index (κ1) is 21.8. The van der Waals surface area contributed by atoms with Crippen LogP contribution in [0.5, 0.6) is 0 Å². The summed E-state index contributed by atoms with van der Waals surface area (Å²) in [7, 11) is -3.17. The Morgan fingerprint density at radius 2 is 1.52 bits per heavy atom. The predicted octanol–water partition coefficient (Wildman–Crippen LogP) is 5.27. The van der Waals surface area contributed by atoms with E-state index in [0.29, 0.717) is 5.92 Å². The maximum absolute atomic E-state index is 12.0. The lowest BCUT2D eigenvalue weighted by Gasteiger charge is -2.29. The summed E-state index contributed by atoms with van der Waals surface area (Å²) in [4.78, 5) is 0. The predicted molar refractivity (Wildman–Crippen MR) is 123 cm³/mol. The van der Waals surface area contributed by atoms with Gasteiger partial charge in [0.15, 0.2) is 0 Å². The number of hydrogen-bond donors (Lipinski definition) is 2. The zero-order chi connectivity index (χ0) is 21.0. The van der Waals surface area contributed by atoms with Crippen LogP contribution in [-0.4, -0.2) is 26.3 Å². The SMILES string of the molecule is Cc1ccc(-c2ccc(NC[C@H]3CC[C@H](NS(=O)(=O)C(C)C)CC3)cc2)cc1C. The monoisotopic (exact) mass is 414 g/mol. The first-order valence-electron chi connectivity index (χ1n) is 10.7. The quantitative estimate of drug-likeness (QED) is 0.649. The Balaban J connectivity index is 1.48. The van der Waals surface area contributed by atoms with Gasteiger partial charge in [-0.1, -0.05) is 30.3 Å². The largest absolute Gasteiger partial charge is 0.385 e. The molecule has 1 saturated carbocycles. The highest BCUT2D eigenvalue weighted by molar-refractivity contribution is 7.90. The molecule has 158 valence electrons. The number of hydrogen-bond acceptors (Lipinski definition) is 3. The average Bonchev–Trinajstić information content (AvgIpc) is 2.69. The van der Waals surface area contributed by atoms with Gasteiger partial charge in [0.05, 0.1) is 5.25 Å². The fraction of sp³-hybridized carbons (Fsp3) is 0.500. The van der Waals surface area contributed by atoms with Crippen molar-refractivity contribution in [3.63, 3.8) is 0 Å². The second kappa shape index (κ2) is 9.31. The number of benzene rings is 2. The lowest BCUT2D eigenvalue weighted by molar-refractivity contribution is 0.323. The minimum atomic E-state index is -3.17. The molecule has 1 fully saturated rings. The van der Waals surface area contributed by atoms with Crippen molar-refractivity contribution in [3.05, 3.63) is 53.6 Å². The fourth-order valence-electron chi connectivity index (χ4n) is 3.82. The third-order valence-corrected chi connectivity index (χ3v) is 8.02. The molecular formula is C24H34N2O2S. The van der Waals surface area contributed by atoms with E-state index in [9.17, 15) is 8.42 Å². The molecule has 0 bridgehead atoms. The molecule has 0 aliphatic heterocycles. The van der Waals surface area contributed by atoms with Crippen molar-refractivity contribution in [2.45, 2.75) is 64.7 Å². The second-order valence-corrected chi connectivity index (χ2v) is 11.0. The Morgan fingerprint density at radius 3 is 2.10 bits per heavy atom. The van der Waals surface area contributed by atoms with Crippen LogP contribution in [0.25, 0.3) is 11.1 Å². The summed E-state index contributed by atoms with van der Waals surface area (Å²) in [6.45, 7) is 8.68. The molecule has 3 rings (SSSR count). The second-order valence-electron chi connectivity index (χ2n) is 8.69. The van der Waals surface area contributed by atoms with Gasteiger partial charge in [-0.05, 0) is 93.7 Å². The minimum Gasteiger partial charge on any atom is -0.385 e. The normalized spacial score (nSPS) is 20.0. The Morgan fingerprint density at radius 1 is 0.897 bits per heavy atom. The van der Waals surface area contributed by atoms with Gasteiger partial charge in [-0.15, -0.1) is 0 Å². The Hall–Kier alpha value is -1.85. The van der Waals surface area contributed by atoms with Gasteiger partial charge in [-0.3, -0.25) is 0 Å². The molecular weight excluding hydrogens is 380 g/mol. The highest BCUT2D eigenvalue weighted by Crippen LogP contribution is 2.27. The van der Waals surface area contributed by atoms with Crippen LogP contribution >= 0.6 is 0 Å². The summed E-state index contributed by atoms with van der Waals surface area (Å²) in [5.41, 5.74) is 6.26. The van der Waals surface area contributed by atoms with Gasteiger partial charge in [-0.2, -0.15) is 0 Å². The third kappa shape index (κ3) is 5.83. The maximum atomic E-state index is 12.0. The Bertz CT molecular complexity index is 912. The van der Waals surface area contributed by atoms with E-state index < -0.39 is 10.0 Å². The fourth-order valence-corrected chi connectivity index (χ4v) is 4.79. The summed E-state index contributed by atoms with van der Waals surface area (Å²) in [5, 5.41) is 3.19. The van der Waals surface area contributed by atoms with Gasteiger partial charge in [0.1, 0.15) is 0 Å². The van der Waals surface area contributed by atoms with Crippen LogP contribution in [0.1, 0.15) is 50.7 Å². The van der Waals surface area contributed by atoms with Gasteiger partial charge in [0.2, 0.25) is 10.0 Å². The van der Waals surface area contributed by atoms with Crippen molar-refractivity contribution in [2.75, 3.05) is 11.9 Å². The van der Waals surface area contributed by atoms with E-state index in [1.54, 1.807) is 13.8 Å². The van der Waals surface area contributed by atoms with Gasteiger partial charge < -0.3 is 5.32 Å². The van der Waals surface area contributed by atoms with E-state index in [-0.39, 0.29) is 11.3 Å². The van der Waals surface area contributed by atoms with Crippen molar-refractivity contribution < 1.29 is 8.42 Å². The molecule has 4 nitrogen and oxygen atoms in total. The zero-order valence-electron chi connectivity index (χ0n) is 18.0. The van der Waals surface area contributed by atoms with Crippen molar-refractivity contribution in [2.24, 2.45) is 5.92 Å². The van der Waals surface area contributed by atoms with Crippen LogP contribution in [-0.2, 0) is 10.0 Å². The molecule has 0 saturated heterocycles. The van der Waals surface area contributed by atoms with Gasteiger partial charge in [0.25, 0.3) is 0 Å². The van der Waals surface area contributed by atoms with E-state index >= 15 is 0 Å². The molecule has 2 aromatic carbocycles. The topological polar surface area (TPSA) is 58.2 Å². The molecule has 0 aromatic heterocycles. The van der Waals surface area contributed by atoms with Crippen LogP contribution in [0.2, 0.25) is 0 Å². The van der Waals surface area contributed by atoms with Crippen LogP contribution in [0, 0.1) is 19.8 Å². The van der Waals surface area contributed by atoms with E-state index in [0.717, 1.165) is 37.9 Å². The summed E-state index contributed by atoms with van der Waals surface area (Å²) >= 11 is 0. The third-order valence-electron chi connectivity index (χ3n) is 6.12. The molecule has 5 heteroatoms. The molecule has 0 spiro atoms. The molecule has 0 amide bonds. The molecule has 0 heterocycles. The lowest BCUT2D eigenvalue weighted by Crippen LogP contribution is -2.41. The average molecular weight is 415 g/mol. The number of sulfonamides is 1. The smallest absolute Gasteiger partial charge is 0.214 e. The lowest BCUT2D eigenvalue weighted by atomic mass is 9.86. The van der Waals surface area contributed by atoms with Crippen molar-refractivity contribution in [1.29, 1.82) is 0 Å². The minimum absolute atomic E-state index is 0.0934. The van der Waals surface area contributed by atoms with Gasteiger partial charge >= 0.3 is 0 Å². The number of nitrogens with one attached hydrogen (secondary N) is 2. The number of rotatable bonds is 7. The summed E-state index contributed by atoms with van der Waals surface area (Å²) in [6, 6.07) is 15.3. The van der Waals surface area contributed by atoms with Crippen LogP contribution < -0.4 is 10.0 Å². The van der Waals surface area contributed by atoms with Crippen LogP contribution in [0.4, 0.5) is 5.69 Å². The standard InChI is InChI=1S/C24H34N2O2S/c1-17(2)29(27,28)26-24-11-6-20(7-12-24)16-25-23-13-9-21(10-14-23)22-8-5-18(3)19(4)15-22/h5,8-10,13-15,17,20,24-26H,6-7,11-12,16H2,1-4H3/t20-,24-. The highest BCUT2D eigenvalue weighted by atomic mass is 32.2. The van der Waals surface area contributed by atoms with Crippen molar-refractivity contribution >= 4 is 15.7 Å². The van der Waals surface area contributed by atoms with Crippen molar-refractivity contribution in [3.8, 4) is 11.1 Å². The molecule has 2 aromatic rings. The Labute approximate surface area is 176 Å². The molecule has 0 radical (unpaired) electrons. The first-order chi connectivity index (χ1) is 13.7. The Kier molecular flexibility index (Phi) is 7.01. The summed E-state index contributed by atoms with van der Waals surface area (Å²) < 4.78 is 26.9. The van der Waals surface area contributed by atoms with E-state index in [1.165, 1.54) is 22.3 Å². The van der Waals surface area contributed by atoms with Gasteiger partial charge in [0, 0.05) is 18.3 Å². The molecule has 0 unspecified atom stereocenters. The summed E-state index contributed by atoms with van der Waals surface area (Å²) in [5.74, 6) is 0.592. The molecule has 2 N–H and O–H groups in total. The van der Waals surface area contributed by atoms with E-state index in [4.69, 9.17) is 0 Å². The molecule has 29 heavy (non-hydrogen) atoms. The van der Waals surface area contributed by atoms with Gasteiger partial charge in [-0.25, -0.2) is 13.1 Å². The molecule has 1 aliphatic rings. The number of anilines is 1. The van der Waals surface area contributed by atoms with E-state index in [2.05, 4.69) is 66.4 Å². The zero-order valence-corrected chi connectivity index (χ0v) is 18.9. The van der Waals surface area contributed by atoms with Crippen LogP contribution in [0.3, 0.4) is 0 Å². The molecule has 1 aliphatic carbocycles.